The van der Waals surface area contributed by atoms with Crippen LogP contribution in [0.3, 0.4) is 0 Å². The van der Waals surface area contributed by atoms with Gasteiger partial charge in [-0.15, -0.1) is 5.10 Å². The first-order valence-electron chi connectivity index (χ1n) is 11.6. The highest BCUT2D eigenvalue weighted by molar-refractivity contribution is 7.99. The van der Waals surface area contributed by atoms with Crippen molar-refractivity contribution in [2.24, 2.45) is 5.92 Å². The molecule has 0 amide bonds. The van der Waals surface area contributed by atoms with Crippen molar-refractivity contribution in [2.45, 2.75) is 68.0 Å². The molecule has 10 heteroatoms. The number of anilines is 1. The lowest BCUT2D eigenvalue weighted by molar-refractivity contribution is 0.00107. The van der Waals surface area contributed by atoms with Gasteiger partial charge < -0.3 is 20.6 Å². The molecule has 2 fully saturated rings. The van der Waals surface area contributed by atoms with Crippen molar-refractivity contribution in [3.63, 3.8) is 0 Å². The van der Waals surface area contributed by atoms with Gasteiger partial charge in [0.1, 0.15) is 6.10 Å². The lowest BCUT2D eigenvalue weighted by Crippen LogP contribution is -2.30. The minimum absolute atomic E-state index is 0.0305. The molecule has 0 aliphatic heterocycles. The van der Waals surface area contributed by atoms with Gasteiger partial charge in [-0.1, -0.05) is 54.2 Å². The van der Waals surface area contributed by atoms with E-state index in [9.17, 15) is 15.3 Å². The maximum absolute atomic E-state index is 10.7. The number of aliphatic hydroxyl groups is 3. The second-order valence-corrected chi connectivity index (χ2v) is 10.0. The van der Waals surface area contributed by atoms with Gasteiger partial charge in [-0.25, -0.2) is 14.6 Å². The summed E-state index contributed by atoms with van der Waals surface area (Å²) >= 11 is 1.58. The van der Waals surface area contributed by atoms with Crippen LogP contribution in [-0.2, 0) is 0 Å². The van der Waals surface area contributed by atoms with Crippen LogP contribution in [0.5, 0.6) is 0 Å². The lowest BCUT2D eigenvalue weighted by atomic mass is 10.0. The smallest absolute Gasteiger partial charge is 0.191 e. The number of fused-ring (bicyclic) bond motifs is 1. The quantitative estimate of drug-likeness (QED) is 0.275. The van der Waals surface area contributed by atoms with Crippen molar-refractivity contribution in [3.05, 3.63) is 35.9 Å². The first-order chi connectivity index (χ1) is 16.1. The zero-order valence-corrected chi connectivity index (χ0v) is 19.4. The van der Waals surface area contributed by atoms with E-state index in [-0.39, 0.29) is 18.6 Å². The molecule has 2 saturated carbocycles. The van der Waals surface area contributed by atoms with Crippen LogP contribution in [-0.4, -0.2) is 70.9 Å². The summed E-state index contributed by atoms with van der Waals surface area (Å²) in [5.74, 6) is 1.80. The molecule has 2 heterocycles. The van der Waals surface area contributed by atoms with Crippen LogP contribution in [0.15, 0.2) is 35.5 Å². The predicted octanol–water partition coefficient (Wildman–Crippen LogP) is 2.36. The summed E-state index contributed by atoms with van der Waals surface area (Å²) in [6.07, 6.45) is 1.07. The topological polar surface area (TPSA) is 129 Å². The standard InChI is InChI=1S/C23H30N6O3S/c1-2-10-33-23-25-21(24-16-12-15(16)13-6-4-3-5-7-13)18-22(26-23)29(28-27-18)17-11-14(8-9-30)19(31)20(17)32/h3-7,14-17,19-20,30-32H,2,8-12H2,1H3,(H,24,25,26)/t14-,15?,16?,17+,19+,20-/m1/s1. The van der Waals surface area contributed by atoms with Crippen LogP contribution < -0.4 is 5.32 Å². The number of aromatic nitrogens is 5. The van der Waals surface area contributed by atoms with Gasteiger partial charge in [0.2, 0.25) is 0 Å². The summed E-state index contributed by atoms with van der Waals surface area (Å²) in [6.45, 7) is 2.08. The Hall–Kier alpha value is -2.27. The molecule has 9 nitrogen and oxygen atoms in total. The van der Waals surface area contributed by atoms with Crippen molar-refractivity contribution in [3.8, 4) is 0 Å². The second kappa shape index (κ2) is 9.54. The molecule has 4 N–H and O–H groups in total. The van der Waals surface area contributed by atoms with E-state index in [0.717, 1.165) is 18.6 Å². The van der Waals surface area contributed by atoms with Gasteiger partial charge in [0, 0.05) is 24.3 Å². The number of hydrogen-bond donors (Lipinski definition) is 4. The molecule has 2 aromatic heterocycles. The van der Waals surface area contributed by atoms with Crippen LogP contribution in [0.4, 0.5) is 5.82 Å². The maximum atomic E-state index is 10.7. The van der Waals surface area contributed by atoms with Gasteiger partial charge in [0.25, 0.3) is 0 Å². The zero-order chi connectivity index (χ0) is 22.9. The highest BCUT2D eigenvalue weighted by Crippen LogP contribution is 2.44. The summed E-state index contributed by atoms with van der Waals surface area (Å²) in [5, 5.41) is 43.3. The molecule has 6 atom stereocenters. The second-order valence-electron chi connectivity index (χ2n) is 8.97. The van der Waals surface area contributed by atoms with Crippen molar-refractivity contribution >= 4 is 28.7 Å². The number of benzene rings is 1. The highest BCUT2D eigenvalue weighted by Gasteiger charge is 2.44. The van der Waals surface area contributed by atoms with Crippen molar-refractivity contribution in [1.82, 2.24) is 25.0 Å². The molecule has 5 rings (SSSR count). The van der Waals surface area contributed by atoms with E-state index >= 15 is 0 Å². The molecular weight excluding hydrogens is 440 g/mol. The van der Waals surface area contributed by atoms with Crippen molar-refractivity contribution in [1.29, 1.82) is 0 Å². The fourth-order valence-electron chi connectivity index (χ4n) is 4.79. The molecule has 3 aromatic rings. The zero-order valence-electron chi connectivity index (χ0n) is 18.6. The van der Waals surface area contributed by atoms with E-state index in [0.29, 0.717) is 40.9 Å². The van der Waals surface area contributed by atoms with Gasteiger partial charge in [0.15, 0.2) is 22.1 Å². The Morgan fingerprint density at radius 1 is 1.12 bits per heavy atom. The van der Waals surface area contributed by atoms with Gasteiger partial charge in [-0.2, -0.15) is 0 Å². The molecule has 2 aliphatic carbocycles. The molecule has 0 saturated heterocycles. The average Bonchev–Trinajstić information content (AvgIpc) is 3.39. The number of nitrogens with one attached hydrogen (secondary N) is 1. The predicted molar refractivity (Wildman–Crippen MR) is 126 cm³/mol. The fraction of sp³-hybridized carbons (Fsp3) is 0.565. The van der Waals surface area contributed by atoms with E-state index < -0.39 is 18.2 Å². The average molecular weight is 471 g/mol. The molecule has 0 bridgehead atoms. The number of thioether (sulfide) groups is 1. The third kappa shape index (κ3) is 4.44. The Kier molecular flexibility index (Phi) is 6.51. The first-order valence-corrected chi connectivity index (χ1v) is 12.6. The number of rotatable bonds is 9. The van der Waals surface area contributed by atoms with Crippen LogP contribution in [0.1, 0.15) is 50.1 Å². The van der Waals surface area contributed by atoms with E-state index in [1.807, 2.05) is 6.07 Å². The van der Waals surface area contributed by atoms with E-state index in [1.165, 1.54) is 5.56 Å². The minimum Gasteiger partial charge on any atom is -0.396 e. The molecule has 33 heavy (non-hydrogen) atoms. The van der Waals surface area contributed by atoms with Crippen LogP contribution in [0.25, 0.3) is 11.2 Å². The summed E-state index contributed by atoms with van der Waals surface area (Å²) in [5.41, 5.74) is 2.44. The third-order valence-corrected chi connectivity index (χ3v) is 7.72. The minimum atomic E-state index is -0.990. The molecule has 2 unspecified atom stereocenters. The number of aliphatic hydroxyl groups excluding tert-OH is 3. The normalized spacial score (nSPS) is 29.0. The van der Waals surface area contributed by atoms with Gasteiger partial charge >= 0.3 is 0 Å². The molecule has 1 aromatic carbocycles. The highest BCUT2D eigenvalue weighted by atomic mass is 32.2. The van der Waals surface area contributed by atoms with E-state index in [1.54, 1.807) is 16.4 Å². The van der Waals surface area contributed by atoms with Gasteiger partial charge in [-0.05, 0) is 37.2 Å². The van der Waals surface area contributed by atoms with E-state index in [2.05, 4.69) is 46.8 Å². The van der Waals surface area contributed by atoms with Gasteiger partial charge in [-0.3, -0.25) is 0 Å². The maximum Gasteiger partial charge on any atom is 0.191 e. The summed E-state index contributed by atoms with van der Waals surface area (Å²) in [6, 6.07) is 10.3. The Labute approximate surface area is 196 Å². The molecule has 176 valence electrons. The largest absolute Gasteiger partial charge is 0.396 e. The molecule has 0 spiro atoms. The lowest BCUT2D eigenvalue weighted by Gasteiger charge is -2.17. The number of nitrogens with zero attached hydrogens (tertiary/aromatic N) is 5. The molecule has 2 aliphatic rings. The van der Waals surface area contributed by atoms with Crippen molar-refractivity contribution < 1.29 is 15.3 Å². The third-order valence-electron chi connectivity index (χ3n) is 6.66. The molecule has 0 radical (unpaired) electrons. The fourth-order valence-corrected chi connectivity index (χ4v) is 5.48. The Morgan fingerprint density at radius 2 is 1.94 bits per heavy atom. The van der Waals surface area contributed by atoms with Crippen LogP contribution in [0, 0.1) is 5.92 Å². The monoisotopic (exact) mass is 470 g/mol. The van der Waals surface area contributed by atoms with E-state index in [4.69, 9.17) is 9.97 Å². The summed E-state index contributed by atoms with van der Waals surface area (Å²) < 4.78 is 1.63. The van der Waals surface area contributed by atoms with Crippen molar-refractivity contribution in [2.75, 3.05) is 17.7 Å². The first kappa shape index (κ1) is 22.5. The Bertz CT molecular complexity index is 1100. The van der Waals surface area contributed by atoms with Crippen LogP contribution >= 0.6 is 11.8 Å². The Balaban J connectivity index is 1.45. The Morgan fingerprint density at radius 3 is 2.70 bits per heavy atom. The summed E-state index contributed by atoms with van der Waals surface area (Å²) in [7, 11) is 0. The van der Waals surface area contributed by atoms with Crippen LogP contribution in [0.2, 0.25) is 0 Å². The van der Waals surface area contributed by atoms with Gasteiger partial charge in [0.05, 0.1) is 12.1 Å². The SMILES string of the molecule is CCCSc1nc(NC2CC2c2ccccc2)c2nnn([C@H]3C[C@@H](CCO)[C@H](O)[C@@H]3O)c2n1. The summed E-state index contributed by atoms with van der Waals surface area (Å²) in [4.78, 5) is 9.47. The molecular formula is C23H30N6O3S. The number of hydrogen-bond acceptors (Lipinski definition) is 9.